The third-order valence-corrected chi connectivity index (χ3v) is 5.28. The Morgan fingerprint density at radius 2 is 1.88 bits per heavy atom. The molecule has 2 aromatic heterocycles. The number of ether oxygens (including phenoxy) is 1. The van der Waals surface area contributed by atoms with E-state index in [0.29, 0.717) is 17.2 Å². The molecule has 33 heavy (non-hydrogen) atoms. The number of carbonyl (C=O) groups excluding carboxylic acids is 1. The first-order valence-electron chi connectivity index (χ1n) is 10.4. The van der Waals surface area contributed by atoms with Crippen LogP contribution in [0.2, 0.25) is 0 Å². The third-order valence-electron chi connectivity index (χ3n) is 5.28. The largest absolute Gasteiger partial charge is 0.481 e. The van der Waals surface area contributed by atoms with Crippen molar-refractivity contribution in [1.29, 1.82) is 0 Å². The Labute approximate surface area is 190 Å². The van der Waals surface area contributed by atoms with Gasteiger partial charge in [-0.25, -0.2) is 18.7 Å². The minimum absolute atomic E-state index is 0.102. The highest BCUT2D eigenvalue weighted by Crippen LogP contribution is 2.41. The number of alkyl halides is 2. The number of methoxy groups -OCH3 is 1. The topological polar surface area (TPSA) is 83.5 Å². The molecule has 1 aliphatic heterocycles. The van der Waals surface area contributed by atoms with E-state index in [1.54, 1.807) is 25.1 Å². The maximum absolute atomic E-state index is 14.0. The number of benzene rings is 1. The SMILES string of the molecule is COc1cc(-c2ccccc2)c(NC(=O)c2cnc(N(C)C)nc2)c(N2CCC(F)(F)C2)n1. The molecule has 0 atom stereocenters. The quantitative estimate of drug-likeness (QED) is 0.608. The standard InChI is InChI=1S/C23H24F2N6O2/c1-30(2)22-26-12-16(13-27-22)21(32)29-19-17(15-7-5-4-6-8-15)11-18(33-3)28-20(19)31-10-9-23(24,25)14-31/h4-8,11-13H,9-10,14H2,1-3H3,(H,29,32). The molecule has 0 radical (unpaired) electrons. The molecule has 0 bridgehead atoms. The predicted molar refractivity (Wildman–Crippen MR) is 122 cm³/mol. The van der Waals surface area contributed by atoms with Crippen LogP contribution in [0.25, 0.3) is 11.1 Å². The molecule has 3 heterocycles. The fraction of sp³-hybridized carbons (Fsp3) is 0.304. The molecule has 0 aliphatic carbocycles. The Hall–Kier alpha value is -3.82. The molecule has 0 unspecified atom stereocenters. The first-order chi connectivity index (χ1) is 15.8. The minimum Gasteiger partial charge on any atom is -0.481 e. The summed E-state index contributed by atoms with van der Waals surface area (Å²) in [5.74, 6) is -2.37. The summed E-state index contributed by atoms with van der Waals surface area (Å²) in [5, 5.41) is 2.86. The van der Waals surface area contributed by atoms with E-state index in [1.165, 1.54) is 24.4 Å². The molecule has 172 valence electrons. The predicted octanol–water partition coefficient (Wildman–Crippen LogP) is 3.71. The molecule has 1 N–H and O–H groups in total. The smallest absolute Gasteiger partial charge is 0.266 e. The lowest BCUT2D eigenvalue weighted by atomic mass is 10.0. The van der Waals surface area contributed by atoms with Crippen molar-refractivity contribution < 1.29 is 18.3 Å². The van der Waals surface area contributed by atoms with E-state index in [4.69, 9.17) is 4.74 Å². The summed E-state index contributed by atoms with van der Waals surface area (Å²) in [6, 6.07) is 11.0. The lowest BCUT2D eigenvalue weighted by molar-refractivity contribution is 0.0256. The maximum Gasteiger partial charge on any atom is 0.266 e. The molecular weight excluding hydrogens is 430 g/mol. The number of pyridine rings is 1. The van der Waals surface area contributed by atoms with Crippen LogP contribution in [-0.4, -0.2) is 61.1 Å². The van der Waals surface area contributed by atoms with Gasteiger partial charge in [-0.15, -0.1) is 0 Å². The third kappa shape index (κ3) is 4.84. The Balaban J connectivity index is 1.79. The van der Waals surface area contributed by atoms with Crippen LogP contribution >= 0.6 is 0 Å². The van der Waals surface area contributed by atoms with Crippen molar-refractivity contribution in [2.75, 3.05) is 49.4 Å². The van der Waals surface area contributed by atoms with Gasteiger partial charge in [-0.2, -0.15) is 4.98 Å². The Kier molecular flexibility index (Phi) is 6.08. The molecule has 0 spiro atoms. The molecule has 1 saturated heterocycles. The van der Waals surface area contributed by atoms with Crippen molar-refractivity contribution in [1.82, 2.24) is 15.0 Å². The molecule has 1 aromatic carbocycles. The van der Waals surface area contributed by atoms with Crippen molar-refractivity contribution in [3.63, 3.8) is 0 Å². The van der Waals surface area contributed by atoms with Gasteiger partial charge in [-0.3, -0.25) is 4.79 Å². The monoisotopic (exact) mass is 454 g/mol. The lowest BCUT2D eigenvalue weighted by Gasteiger charge is -2.24. The normalized spacial score (nSPS) is 14.8. The maximum atomic E-state index is 14.0. The number of hydrogen-bond donors (Lipinski definition) is 1. The van der Waals surface area contributed by atoms with E-state index in [2.05, 4.69) is 20.3 Å². The van der Waals surface area contributed by atoms with Crippen LogP contribution in [0, 0.1) is 0 Å². The Morgan fingerprint density at radius 3 is 2.45 bits per heavy atom. The fourth-order valence-electron chi connectivity index (χ4n) is 3.58. The second kappa shape index (κ2) is 8.97. The minimum atomic E-state index is -2.84. The van der Waals surface area contributed by atoms with Gasteiger partial charge in [0.2, 0.25) is 11.8 Å². The van der Waals surface area contributed by atoms with Crippen LogP contribution in [0.15, 0.2) is 48.8 Å². The first kappa shape index (κ1) is 22.4. The van der Waals surface area contributed by atoms with E-state index in [9.17, 15) is 13.6 Å². The zero-order valence-corrected chi connectivity index (χ0v) is 18.5. The molecular formula is C23H24F2N6O2. The number of aromatic nitrogens is 3. The van der Waals surface area contributed by atoms with Crippen LogP contribution in [0.1, 0.15) is 16.8 Å². The average molecular weight is 454 g/mol. The van der Waals surface area contributed by atoms with Crippen LogP contribution in [0.3, 0.4) is 0 Å². The van der Waals surface area contributed by atoms with Gasteiger partial charge in [0.25, 0.3) is 11.8 Å². The number of carbonyl (C=O) groups is 1. The number of hydrogen-bond acceptors (Lipinski definition) is 7. The van der Waals surface area contributed by atoms with E-state index in [-0.39, 0.29) is 30.2 Å². The van der Waals surface area contributed by atoms with E-state index >= 15 is 0 Å². The van der Waals surface area contributed by atoms with Crippen LogP contribution < -0.4 is 19.9 Å². The summed E-state index contributed by atoms with van der Waals surface area (Å²) in [4.78, 5) is 29.1. The molecule has 1 amide bonds. The van der Waals surface area contributed by atoms with Gasteiger partial charge in [-0.05, 0) is 5.56 Å². The summed E-state index contributed by atoms with van der Waals surface area (Å²) >= 11 is 0. The zero-order chi connectivity index (χ0) is 23.6. The number of amides is 1. The van der Waals surface area contributed by atoms with Gasteiger partial charge in [0, 0.05) is 51.1 Å². The highest BCUT2D eigenvalue weighted by Gasteiger charge is 2.40. The van der Waals surface area contributed by atoms with Crippen molar-refractivity contribution in [3.05, 3.63) is 54.4 Å². The van der Waals surface area contributed by atoms with Crippen molar-refractivity contribution in [2.24, 2.45) is 0 Å². The van der Waals surface area contributed by atoms with E-state index in [1.807, 2.05) is 30.3 Å². The van der Waals surface area contributed by atoms with Crippen molar-refractivity contribution in [2.45, 2.75) is 12.3 Å². The summed E-state index contributed by atoms with van der Waals surface area (Å²) < 4.78 is 33.4. The molecule has 0 saturated carbocycles. The molecule has 3 aromatic rings. The van der Waals surface area contributed by atoms with Gasteiger partial charge in [0.15, 0.2) is 5.82 Å². The van der Waals surface area contributed by atoms with E-state index in [0.717, 1.165) is 5.56 Å². The van der Waals surface area contributed by atoms with Gasteiger partial charge < -0.3 is 19.9 Å². The van der Waals surface area contributed by atoms with Crippen LogP contribution in [-0.2, 0) is 0 Å². The number of rotatable bonds is 6. The number of halogens is 2. The van der Waals surface area contributed by atoms with Crippen LogP contribution in [0.5, 0.6) is 5.88 Å². The summed E-state index contributed by atoms with van der Waals surface area (Å²) in [6.07, 6.45) is 2.54. The Morgan fingerprint density at radius 1 is 1.18 bits per heavy atom. The van der Waals surface area contributed by atoms with Gasteiger partial charge in [0.05, 0.1) is 24.9 Å². The highest BCUT2D eigenvalue weighted by atomic mass is 19.3. The fourth-order valence-corrected chi connectivity index (χ4v) is 3.58. The molecule has 1 aliphatic rings. The highest BCUT2D eigenvalue weighted by molar-refractivity contribution is 6.08. The summed E-state index contributed by atoms with van der Waals surface area (Å²) in [5.41, 5.74) is 1.93. The summed E-state index contributed by atoms with van der Waals surface area (Å²) in [7, 11) is 5.05. The summed E-state index contributed by atoms with van der Waals surface area (Å²) in [6.45, 7) is -0.393. The average Bonchev–Trinajstić information content (AvgIpc) is 3.19. The van der Waals surface area contributed by atoms with Crippen molar-refractivity contribution in [3.8, 4) is 17.0 Å². The second-order valence-electron chi connectivity index (χ2n) is 7.92. The van der Waals surface area contributed by atoms with Crippen LogP contribution in [0.4, 0.5) is 26.2 Å². The number of nitrogens with zero attached hydrogens (tertiary/aromatic N) is 5. The molecule has 4 rings (SSSR count). The van der Waals surface area contributed by atoms with Crippen molar-refractivity contribution >= 4 is 23.4 Å². The lowest BCUT2D eigenvalue weighted by Crippen LogP contribution is -2.27. The number of anilines is 3. The molecule has 8 nitrogen and oxygen atoms in total. The molecule has 1 fully saturated rings. The Bertz CT molecular complexity index is 1140. The van der Waals surface area contributed by atoms with Gasteiger partial charge in [0.1, 0.15) is 0 Å². The zero-order valence-electron chi connectivity index (χ0n) is 18.5. The molecule has 10 heteroatoms. The first-order valence-corrected chi connectivity index (χ1v) is 10.4. The van der Waals surface area contributed by atoms with Gasteiger partial charge >= 0.3 is 0 Å². The van der Waals surface area contributed by atoms with E-state index < -0.39 is 18.4 Å². The number of nitrogens with one attached hydrogen (secondary N) is 1. The van der Waals surface area contributed by atoms with Gasteiger partial charge in [-0.1, -0.05) is 30.3 Å². The second-order valence-corrected chi connectivity index (χ2v) is 7.92.